The van der Waals surface area contributed by atoms with Crippen molar-refractivity contribution in [3.05, 3.63) is 89.5 Å². The summed E-state index contributed by atoms with van der Waals surface area (Å²) >= 11 is 1.83. The molecule has 1 aromatic heterocycles. The van der Waals surface area contributed by atoms with Crippen LogP contribution in [0, 0.1) is 40.8 Å². The molecule has 1 aliphatic heterocycles. The molecule has 194 valence electrons. The summed E-state index contributed by atoms with van der Waals surface area (Å²) in [6, 6.07) is 7.02. The normalized spacial score (nSPS) is 13.7. The van der Waals surface area contributed by atoms with Crippen LogP contribution in [0.4, 0.5) is 5.69 Å². The number of nitrogens with zero attached hydrogens (tertiary/aromatic N) is 3. The fraction of sp³-hybridized carbons (Fsp3) is 0.346. The van der Waals surface area contributed by atoms with Crippen LogP contribution in [-0.4, -0.2) is 32.2 Å². The first kappa shape index (κ1) is 27.7. The van der Waals surface area contributed by atoms with E-state index < -0.39 is 10.9 Å². The van der Waals surface area contributed by atoms with Gasteiger partial charge in [0.2, 0.25) is 11.7 Å². The van der Waals surface area contributed by atoms with Crippen molar-refractivity contribution in [1.82, 2.24) is 9.78 Å². The van der Waals surface area contributed by atoms with E-state index in [1.54, 1.807) is 14.0 Å². The molecule has 10 nitrogen and oxygen atoms in total. The van der Waals surface area contributed by atoms with Crippen molar-refractivity contribution >= 4 is 29.2 Å². The molecule has 0 saturated carbocycles. The quantitative estimate of drug-likeness (QED) is 0.182. The lowest BCUT2D eigenvalue weighted by Crippen LogP contribution is -2.26. The Morgan fingerprint density at radius 2 is 1.76 bits per heavy atom. The molecular formula is C26H27N3O7S. The second kappa shape index (κ2) is 10.6. The van der Waals surface area contributed by atoms with Crippen molar-refractivity contribution in [3.63, 3.8) is 0 Å². The predicted octanol–water partition coefficient (Wildman–Crippen LogP) is 5.54. The molecule has 0 amide bonds. The maximum Gasteiger partial charge on any atom is 0.344 e. The number of carbonyl (C=O) groups is 2. The highest BCUT2D eigenvalue weighted by Crippen LogP contribution is 2.46. The van der Waals surface area contributed by atoms with Crippen molar-refractivity contribution in [2.75, 3.05) is 5.75 Å². The number of carbonyl (C=O) groups excluding carboxylic acids is 2. The summed E-state index contributed by atoms with van der Waals surface area (Å²) in [5, 5.41) is 15.2. The monoisotopic (exact) mass is 525 g/mol. The Bertz CT molecular complexity index is 1390. The van der Waals surface area contributed by atoms with Crippen molar-refractivity contribution < 1.29 is 19.2 Å². The number of nitro groups is 1. The number of esters is 1. The minimum absolute atomic E-state index is 0.0410. The minimum atomic E-state index is -0.729. The van der Waals surface area contributed by atoms with Crippen LogP contribution in [-0.2, 0) is 12.5 Å². The molecule has 0 N–H and O–H groups in total. The molecule has 0 atom stereocenters. The van der Waals surface area contributed by atoms with Gasteiger partial charge in [0.25, 0.3) is 5.69 Å². The number of nitro benzene ring substituents is 1. The number of rotatable bonds is 5. The van der Waals surface area contributed by atoms with Gasteiger partial charge >= 0.3 is 5.97 Å². The number of ether oxygens (including phenoxy) is 1. The number of non-ortho nitro benzene ring substituents is 1. The lowest BCUT2D eigenvalue weighted by molar-refractivity contribution is -0.384. The fourth-order valence-corrected chi connectivity index (χ4v) is 6.36. The third-order valence-corrected chi connectivity index (χ3v) is 7.74. The van der Waals surface area contributed by atoms with Gasteiger partial charge in [-0.1, -0.05) is 13.8 Å². The Balaban J connectivity index is 0.00000186. The van der Waals surface area contributed by atoms with E-state index in [0.717, 1.165) is 23.3 Å². The Labute approximate surface area is 217 Å². The van der Waals surface area contributed by atoms with Gasteiger partial charge in [-0.3, -0.25) is 14.9 Å². The first-order valence-corrected chi connectivity index (χ1v) is 12.4. The Hall–Kier alpha value is -3.86. The van der Waals surface area contributed by atoms with Crippen LogP contribution in [0.2, 0.25) is 0 Å². The SMILES string of the molecule is Cc1cc(C(=O)c2c(C)nn(C)c2OC(=O)c2ccc([N+](=O)[O-])cc2)c(C)c2c1SCCC2(C)C.O=O. The summed E-state index contributed by atoms with van der Waals surface area (Å²) in [5.74, 6) is 0.0989. The van der Waals surface area contributed by atoms with E-state index in [2.05, 4.69) is 18.9 Å². The number of hydrogen-bond acceptors (Lipinski definition) is 9. The summed E-state index contributed by atoms with van der Waals surface area (Å²) in [6.45, 7) is 10.1. The molecule has 0 aliphatic carbocycles. The van der Waals surface area contributed by atoms with Crippen LogP contribution in [0.3, 0.4) is 0 Å². The molecule has 2 aromatic carbocycles. The molecular weight excluding hydrogens is 498 g/mol. The number of hydrogen-bond donors (Lipinski definition) is 0. The van der Waals surface area contributed by atoms with Crippen LogP contribution in [0.5, 0.6) is 5.88 Å². The van der Waals surface area contributed by atoms with Crippen molar-refractivity contribution in [2.24, 2.45) is 7.05 Å². The maximum absolute atomic E-state index is 13.9. The lowest BCUT2D eigenvalue weighted by atomic mass is 9.76. The van der Waals surface area contributed by atoms with Gasteiger partial charge < -0.3 is 4.74 Å². The largest absolute Gasteiger partial charge is 0.403 e. The summed E-state index contributed by atoms with van der Waals surface area (Å²) in [7, 11) is 1.60. The molecule has 0 bridgehead atoms. The third kappa shape index (κ3) is 5.17. The van der Waals surface area contributed by atoms with E-state index in [4.69, 9.17) is 14.7 Å². The molecule has 3 aromatic rings. The topological polar surface area (TPSA) is 138 Å². The summed E-state index contributed by atoms with van der Waals surface area (Å²) in [4.78, 5) is 52.3. The molecule has 37 heavy (non-hydrogen) atoms. The zero-order chi connectivity index (χ0) is 27.7. The third-order valence-electron chi connectivity index (χ3n) is 6.52. The van der Waals surface area contributed by atoms with E-state index in [1.807, 2.05) is 31.7 Å². The molecule has 0 radical (unpaired) electrons. The smallest absolute Gasteiger partial charge is 0.344 e. The van der Waals surface area contributed by atoms with Crippen molar-refractivity contribution in [1.29, 1.82) is 0 Å². The summed E-state index contributed by atoms with van der Waals surface area (Å²) in [6.07, 6.45) is 1.02. The Morgan fingerprint density at radius 3 is 2.35 bits per heavy atom. The van der Waals surface area contributed by atoms with Gasteiger partial charge in [-0.15, -0.1) is 11.8 Å². The number of thioether (sulfide) groups is 1. The second-order valence-electron chi connectivity index (χ2n) is 9.46. The molecule has 2 heterocycles. The zero-order valence-corrected chi connectivity index (χ0v) is 22.2. The maximum atomic E-state index is 13.9. The van der Waals surface area contributed by atoms with Gasteiger partial charge in [-0.05, 0) is 73.2 Å². The average molecular weight is 526 g/mol. The number of ketones is 1. The van der Waals surface area contributed by atoms with Crippen LogP contribution in [0.15, 0.2) is 35.2 Å². The zero-order valence-electron chi connectivity index (χ0n) is 21.4. The van der Waals surface area contributed by atoms with Crippen LogP contribution in [0.25, 0.3) is 0 Å². The number of aromatic nitrogens is 2. The highest BCUT2D eigenvalue weighted by molar-refractivity contribution is 7.99. The summed E-state index contributed by atoms with van der Waals surface area (Å²) in [5.41, 5.74) is 4.38. The first-order valence-electron chi connectivity index (χ1n) is 11.4. The molecule has 1 aliphatic rings. The van der Waals surface area contributed by atoms with Crippen molar-refractivity contribution in [3.8, 4) is 5.88 Å². The van der Waals surface area contributed by atoms with E-state index in [9.17, 15) is 19.7 Å². The standard InChI is InChI=1S/C26H27N3O5S.O2/c1-14-13-19(15(2)21-23(14)35-12-11-26(21,4)5)22(30)20-16(3)27-28(6)24(20)34-25(31)17-7-9-18(10-8-17)29(32)33;1-2/h7-10,13H,11-12H2,1-6H3;. The molecule has 4 rings (SSSR count). The second-order valence-corrected chi connectivity index (χ2v) is 10.6. The van der Waals surface area contributed by atoms with Crippen LogP contribution < -0.4 is 4.74 Å². The number of fused-ring (bicyclic) bond motifs is 1. The summed E-state index contributed by atoms with van der Waals surface area (Å²) < 4.78 is 6.98. The number of aryl methyl sites for hydroxylation is 3. The lowest BCUT2D eigenvalue weighted by Gasteiger charge is -2.35. The molecule has 0 saturated heterocycles. The molecule has 0 fully saturated rings. The van der Waals surface area contributed by atoms with E-state index in [1.165, 1.54) is 39.4 Å². The van der Waals surface area contributed by atoms with Crippen molar-refractivity contribution in [2.45, 2.75) is 51.3 Å². The van der Waals surface area contributed by atoms with Gasteiger partial charge in [-0.2, -0.15) is 5.10 Å². The average Bonchev–Trinajstić information content (AvgIpc) is 3.13. The number of benzene rings is 2. The Kier molecular flexibility index (Phi) is 7.97. The van der Waals surface area contributed by atoms with Gasteiger partial charge in [0.1, 0.15) is 5.56 Å². The van der Waals surface area contributed by atoms with Crippen LogP contribution in [0.1, 0.15) is 68.9 Å². The first-order chi connectivity index (χ1) is 17.4. The van der Waals surface area contributed by atoms with Gasteiger partial charge in [0.05, 0.1) is 16.2 Å². The predicted molar refractivity (Wildman–Crippen MR) is 140 cm³/mol. The van der Waals surface area contributed by atoms with Crippen LogP contribution >= 0.6 is 11.8 Å². The van der Waals surface area contributed by atoms with E-state index in [0.29, 0.717) is 11.3 Å². The van der Waals surface area contributed by atoms with E-state index >= 15 is 0 Å². The van der Waals surface area contributed by atoms with E-state index in [-0.39, 0.29) is 33.9 Å². The minimum Gasteiger partial charge on any atom is -0.403 e. The molecule has 11 heteroatoms. The van der Waals surface area contributed by atoms with Gasteiger partial charge in [0, 0.05) is 39.6 Å². The van der Waals surface area contributed by atoms with Gasteiger partial charge in [0.15, 0.2) is 0 Å². The van der Waals surface area contributed by atoms with Gasteiger partial charge in [-0.25, -0.2) is 9.48 Å². The molecule has 0 unspecified atom stereocenters. The highest BCUT2D eigenvalue weighted by Gasteiger charge is 2.34. The Morgan fingerprint density at radius 1 is 1.14 bits per heavy atom. The molecule has 0 spiro atoms. The fourth-order valence-electron chi connectivity index (χ4n) is 4.68. The highest BCUT2D eigenvalue weighted by atomic mass is 32.2.